The average molecular weight is 320 g/mol. The minimum atomic E-state index is 0.0363. The zero-order valence-corrected chi connectivity index (χ0v) is 14.2. The number of hydrogen-bond acceptors (Lipinski definition) is 4. The van der Waals surface area contributed by atoms with Crippen LogP contribution in [0.5, 0.6) is 0 Å². The molecule has 2 heterocycles. The third-order valence-electron chi connectivity index (χ3n) is 4.07. The fraction of sp³-hybridized carbons (Fsp3) is 0.500. The summed E-state index contributed by atoms with van der Waals surface area (Å²) in [6.45, 7) is 6.46. The van der Waals surface area contributed by atoms with Gasteiger partial charge in [-0.25, -0.2) is 4.98 Å². The molecule has 1 N–H and O–H groups in total. The lowest BCUT2D eigenvalue weighted by Crippen LogP contribution is -2.33. The van der Waals surface area contributed by atoms with E-state index < -0.39 is 0 Å². The summed E-state index contributed by atoms with van der Waals surface area (Å²) in [7, 11) is 0. The van der Waals surface area contributed by atoms with Gasteiger partial charge >= 0.3 is 0 Å². The van der Waals surface area contributed by atoms with Crippen LogP contribution in [0, 0.1) is 12.3 Å². The summed E-state index contributed by atoms with van der Waals surface area (Å²) >= 11 is 3.14. The third-order valence-corrected chi connectivity index (χ3v) is 5.96. The number of rotatable bonds is 3. The van der Waals surface area contributed by atoms with Crippen LogP contribution in [0.25, 0.3) is 10.6 Å². The molecule has 112 valence electrons. The molecule has 1 unspecified atom stereocenters. The fourth-order valence-electron chi connectivity index (χ4n) is 2.93. The van der Waals surface area contributed by atoms with Crippen molar-refractivity contribution in [2.24, 2.45) is 5.41 Å². The van der Waals surface area contributed by atoms with Crippen LogP contribution in [0.4, 0.5) is 0 Å². The Morgan fingerprint density at radius 1 is 1.48 bits per heavy atom. The number of thiazole rings is 1. The van der Waals surface area contributed by atoms with Crippen LogP contribution in [0.15, 0.2) is 16.8 Å². The first kappa shape index (κ1) is 14.7. The average Bonchev–Trinajstić information content (AvgIpc) is 3.09. The molecule has 1 aliphatic carbocycles. The first-order valence-corrected chi connectivity index (χ1v) is 9.01. The monoisotopic (exact) mass is 320 g/mol. The number of aryl methyl sites for hydroxylation is 1. The highest BCUT2D eigenvalue weighted by Crippen LogP contribution is 2.37. The summed E-state index contributed by atoms with van der Waals surface area (Å²) in [5.74, 6) is 0.0363. The van der Waals surface area contributed by atoms with Gasteiger partial charge in [-0.3, -0.25) is 4.79 Å². The minimum Gasteiger partial charge on any atom is -0.349 e. The van der Waals surface area contributed by atoms with E-state index in [0.29, 0.717) is 11.5 Å². The Bertz CT molecular complexity index is 643. The van der Waals surface area contributed by atoms with Gasteiger partial charge in [0.05, 0.1) is 5.69 Å². The Balaban J connectivity index is 1.73. The van der Waals surface area contributed by atoms with E-state index in [0.717, 1.165) is 34.0 Å². The van der Waals surface area contributed by atoms with E-state index in [-0.39, 0.29) is 5.91 Å². The summed E-state index contributed by atoms with van der Waals surface area (Å²) in [6, 6.07) is 2.35. The van der Waals surface area contributed by atoms with E-state index in [2.05, 4.69) is 29.5 Å². The first-order chi connectivity index (χ1) is 9.94. The molecule has 1 fully saturated rings. The summed E-state index contributed by atoms with van der Waals surface area (Å²) in [5.41, 5.74) is 2.29. The van der Waals surface area contributed by atoms with E-state index in [1.54, 1.807) is 11.3 Å². The van der Waals surface area contributed by atoms with Crippen molar-refractivity contribution < 1.29 is 4.79 Å². The molecule has 5 heteroatoms. The van der Waals surface area contributed by atoms with Crippen LogP contribution in [-0.4, -0.2) is 16.9 Å². The van der Waals surface area contributed by atoms with Crippen molar-refractivity contribution in [3.8, 4) is 10.6 Å². The molecule has 2 aromatic rings. The molecule has 21 heavy (non-hydrogen) atoms. The maximum absolute atomic E-state index is 12.5. The molecule has 0 bridgehead atoms. The van der Waals surface area contributed by atoms with Crippen molar-refractivity contribution in [3.05, 3.63) is 27.4 Å². The molecule has 1 atom stereocenters. The second-order valence-electron chi connectivity index (χ2n) is 6.52. The van der Waals surface area contributed by atoms with Crippen LogP contribution in [0.3, 0.4) is 0 Å². The smallest absolute Gasteiger partial charge is 0.263 e. The molecule has 1 aliphatic rings. The molecular weight excluding hydrogens is 300 g/mol. The van der Waals surface area contributed by atoms with Crippen molar-refractivity contribution in [3.63, 3.8) is 0 Å². The van der Waals surface area contributed by atoms with E-state index in [9.17, 15) is 4.79 Å². The van der Waals surface area contributed by atoms with Crippen molar-refractivity contribution in [2.75, 3.05) is 0 Å². The fourth-order valence-corrected chi connectivity index (χ4v) is 4.61. The normalized spacial score (nSPS) is 20.6. The predicted octanol–water partition coefficient (Wildman–Crippen LogP) is 4.49. The van der Waals surface area contributed by atoms with Crippen molar-refractivity contribution in [1.82, 2.24) is 10.3 Å². The summed E-state index contributed by atoms with van der Waals surface area (Å²) in [5, 5.41) is 8.22. The van der Waals surface area contributed by atoms with Gasteiger partial charge in [-0.15, -0.1) is 11.3 Å². The number of hydrogen-bond donors (Lipinski definition) is 1. The summed E-state index contributed by atoms with van der Waals surface area (Å²) in [4.78, 5) is 17.8. The van der Waals surface area contributed by atoms with Gasteiger partial charge in [0.15, 0.2) is 0 Å². The van der Waals surface area contributed by atoms with Crippen molar-refractivity contribution in [1.29, 1.82) is 0 Å². The minimum absolute atomic E-state index is 0.0363. The Morgan fingerprint density at radius 3 is 2.90 bits per heavy atom. The maximum Gasteiger partial charge on any atom is 0.263 e. The number of carbonyl (C=O) groups excluding carboxylic acids is 1. The predicted molar refractivity (Wildman–Crippen MR) is 89.1 cm³/mol. The van der Waals surface area contributed by atoms with Gasteiger partial charge < -0.3 is 5.32 Å². The third kappa shape index (κ3) is 3.19. The van der Waals surface area contributed by atoms with E-state index in [4.69, 9.17) is 0 Å². The molecule has 3 rings (SSSR count). The van der Waals surface area contributed by atoms with E-state index in [1.165, 1.54) is 17.8 Å². The Morgan fingerprint density at radius 2 is 2.29 bits per heavy atom. The van der Waals surface area contributed by atoms with Crippen LogP contribution in [0.1, 0.15) is 48.5 Å². The standard InChI is InChI=1S/C16H20N2OS2/c1-10-13(21-15(17-10)11-5-7-20-9-11)14(19)18-12-4-6-16(2,3)8-12/h5,7,9,12H,4,6,8H2,1-3H3,(H,18,19). The molecule has 2 aromatic heterocycles. The molecule has 0 aliphatic heterocycles. The number of nitrogens with zero attached hydrogens (tertiary/aromatic N) is 1. The highest BCUT2D eigenvalue weighted by molar-refractivity contribution is 7.17. The lowest BCUT2D eigenvalue weighted by molar-refractivity contribution is 0.0939. The molecule has 3 nitrogen and oxygen atoms in total. The summed E-state index contributed by atoms with van der Waals surface area (Å²) in [6.07, 6.45) is 3.32. The van der Waals surface area contributed by atoms with Crippen LogP contribution < -0.4 is 5.32 Å². The number of amides is 1. The van der Waals surface area contributed by atoms with E-state index in [1.807, 2.05) is 18.4 Å². The van der Waals surface area contributed by atoms with Crippen LogP contribution >= 0.6 is 22.7 Å². The molecule has 1 amide bonds. The Hall–Kier alpha value is -1.20. The zero-order valence-electron chi connectivity index (χ0n) is 12.6. The van der Waals surface area contributed by atoms with Crippen molar-refractivity contribution >= 4 is 28.6 Å². The molecule has 1 saturated carbocycles. The number of carbonyl (C=O) groups is 1. The summed E-state index contributed by atoms with van der Waals surface area (Å²) < 4.78 is 0. The largest absolute Gasteiger partial charge is 0.349 e. The lowest BCUT2D eigenvalue weighted by Gasteiger charge is -2.17. The number of nitrogens with one attached hydrogen (secondary N) is 1. The van der Waals surface area contributed by atoms with Gasteiger partial charge in [-0.05, 0) is 43.0 Å². The molecule has 0 aromatic carbocycles. The van der Waals surface area contributed by atoms with Gasteiger partial charge in [-0.2, -0.15) is 11.3 Å². The second-order valence-corrected chi connectivity index (χ2v) is 8.30. The topological polar surface area (TPSA) is 42.0 Å². The quantitative estimate of drug-likeness (QED) is 0.905. The van der Waals surface area contributed by atoms with E-state index >= 15 is 0 Å². The van der Waals surface area contributed by atoms with Gasteiger partial charge in [-0.1, -0.05) is 13.8 Å². The number of aromatic nitrogens is 1. The van der Waals surface area contributed by atoms with Crippen molar-refractivity contribution in [2.45, 2.75) is 46.1 Å². The Labute approximate surface area is 133 Å². The SMILES string of the molecule is Cc1nc(-c2ccsc2)sc1C(=O)NC1CCC(C)(C)C1. The molecular formula is C16H20N2OS2. The zero-order chi connectivity index (χ0) is 15.0. The molecule has 0 radical (unpaired) electrons. The highest BCUT2D eigenvalue weighted by Gasteiger charge is 2.32. The lowest BCUT2D eigenvalue weighted by atomic mass is 9.92. The van der Waals surface area contributed by atoms with Crippen LogP contribution in [-0.2, 0) is 0 Å². The van der Waals surface area contributed by atoms with Crippen LogP contribution in [0.2, 0.25) is 0 Å². The Kier molecular flexibility index (Phi) is 3.88. The van der Waals surface area contributed by atoms with Gasteiger partial charge in [0.25, 0.3) is 5.91 Å². The molecule has 0 spiro atoms. The number of thiophene rings is 1. The highest BCUT2D eigenvalue weighted by atomic mass is 32.1. The maximum atomic E-state index is 12.5. The van der Waals surface area contributed by atoms with Gasteiger partial charge in [0.1, 0.15) is 9.88 Å². The first-order valence-electron chi connectivity index (χ1n) is 7.25. The van der Waals surface area contributed by atoms with Gasteiger partial charge in [0.2, 0.25) is 0 Å². The van der Waals surface area contributed by atoms with Gasteiger partial charge in [0, 0.05) is 17.0 Å². The molecule has 0 saturated heterocycles. The second kappa shape index (κ2) is 5.54.